The Morgan fingerprint density at radius 2 is 2.04 bits per heavy atom. The molecule has 2 aromatic rings. The maximum absolute atomic E-state index is 12.9. The third-order valence-electron chi connectivity index (χ3n) is 4.31. The van der Waals surface area contributed by atoms with Crippen molar-refractivity contribution >= 4 is 11.8 Å². The molecule has 0 saturated heterocycles. The van der Waals surface area contributed by atoms with Crippen molar-refractivity contribution in [3.05, 3.63) is 59.2 Å². The molecular weight excluding hydrogens is 336 g/mol. The first-order valence-electron chi connectivity index (χ1n) is 8.26. The van der Waals surface area contributed by atoms with Crippen molar-refractivity contribution in [3.8, 4) is 11.5 Å². The van der Waals surface area contributed by atoms with Crippen molar-refractivity contribution in [2.24, 2.45) is 0 Å². The van der Waals surface area contributed by atoms with Gasteiger partial charge >= 0.3 is 0 Å². The zero-order chi connectivity index (χ0) is 18.5. The molecule has 2 N–H and O–H groups in total. The van der Waals surface area contributed by atoms with Gasteiger partial charge in [-0.3, -0.25) is 14.8 Å². The van der Waals surface area contributed by atoms with Crippen molar-refractivity contribution < 1.29 is 24.3 Å². The lowest BCUT2D eigenvalue weighted by Crippen LogP contribution is -2.34. The monoisotopic (exact) mass is 356 g/mol. The number of hydrogen-bond acceptors (Lipinski definition) is 5. The van der Waals surface area contributed by atoms with Crippen LogP contribution in [0.2, 0.25) is 0 Å². The fourth-order valence-electron chi connectivity index (χ4n) is 2.84. The third kappa shape index (κ3) is 3.78. The average Bonchev–Trinajstić information content (AvgIpc) is 2.84. The number of carbonyl (C=O) groups is 2. The van der Waals surface area contributed by atoms with Gasteiger partial charge in [0, 0.05) is 12.1 Å². The summed E-state index contributed by atoms with van der Waals surface area (Å²) in [6.07, 6.45) is 0.696. The van der Waals surface area contributed by atoms with Gasteiger partial charge < -0.3 is 14.4 Å². The van der Waals surface area contributed by atoms with Crippen LogP contribution in [0.1, 0.15) is 26.3 Å². The van der Waals surface area contributed by atoms with E-state index in [0.717, 1.165) is 11.3 Å². The summed E-state index contributed by atoms with van der Waals surface area (Å²) in [4.78, 5) is 26.2. The molecule has 1 heterocycles. The van der Waals surface area contributed by atoms with E-state index in [1.165, 1.54) is 12.1 Å². The van der Waals surface area contributed by atoms with Crippen LogP contribution in [-0.4, -0.2) is 48.7 Å². The van der Waals surface area contributed by atoms with Gasteiger partial charge in [0.25, 0.3) is 11.8 Å². The normalized spacial score (nSPS) is 13.5. The van der Waals surface area contributed by atoms with Crippen LogP contribution in [0.25, 0.3) is 0 Å². The first-order valence-corrected chi connectivity index (χ1v) is 8.26. The molecule has 26 heavy (non-hydrogen) atoms. The molecular formula is C19H20N2O5. The zero-order valence-electron chi connectivity index (χ0n) is 14.4. The summed E-state index contributed by atoms with van der Waals surface area (Å²) < 4.78 is 10.8. The van der Waals surface area contributed by atoms with Gasteiger partial charge in [-0.05, 0) is 42.3 Å². The van der Waals surface area contributed by atoms with E-state index in [2.05, 4.69) is 0 Å². The second-order valence-corrected chi connectivity index (χ2v) is 5.89. The second kappa shape index (κ2) is 7.88. The van der Waals surface area contributed by atoms with Crippen LogP contribution in [0, 0.1) is 0 Å². The predicted molar refractivity (Wildman–Crippen MR) is 93.8 cm³/mol. The van der Waals surface area contributed by atoms with Gasteiger partial charge in [-0.2, -0.15) is 0 Å². The fraction of sp³-hybridized carbons (Fsp3) is 0.263. The van der Waals surface area contributed by atoms with Gasteiger partial charge in [-0.1, -0.05) is 12.1 Å². The van der Waals surface area contributed by atoms with Crippen LogP contribution in [0.5, 0.6) is 11.5 Å². The number of ether oxygens (including phenoxy) is 2. The highest BCUT2D eigenvalue weighted by atomic mass is 16.5. The van der Waals surface area contributed by atoms with Gasteiger partial charge in [-0.15, -0.1) is 0 Å². The van der Waals surface area contributed by atoms with E-state index in [1.54, 1.807) is 23.6 Å². The van der Waals surface area contributed by atoms with Gasteiger partial charge in [0.05, 0.1) is 19.2 Å². The average molecular weight is 356 g/mol. The van der Waals surface area contributed by atoms with E-state index in [9.17, 15) is 9.59 Å². The maximum Gasteiger partial charge on any atom is 0.274 e. The van der Waals surface area contributed by atoms with Gasteiger partial charge in [0.2, 0.25) is 0 Å². The SMILES string of the molecule is COc1ccc(CCN2CCOc3ccc(C(=O)NO)cc3C2=O)cc1. The Balaban J connectivity index is 1.75. The van der Waals surface area contributed by atoms with Crippen molar-refractivity contribution in [2.45, 2.75) is 6.42 Å². The van der Waals surface area contributed by atoms with Crippen LogP contribution in [0.3, 0.4) is 0 Å². The standard InChI is InChI=1S/C19H20N2O5/c1-25-15-5-2-13(3-6-15)8-9-21-10-11-26-17-7-4-14(18(22)20-24)12-16(17)19(21)23/h2-7,12,24H,8-11H2,1H3,(H,20,22). The smallest absolute Gasteiger partial charge is 0.274 e. The van der Waals surface area contributed by atoms with Gasteiger partial charge in [-0.25, -0.2) is 5.48 Å². The summed E-state index contributed by atoms with van der Waals surface area (Å²) in [6.45, 7) is 1.38. The van der Waals surface area contributed by atoms with E-state index in [4.69, 9.17) is 14.7 Å². The summed E-state index contributed by atoms with van der Waals surface area (Å²) in [5, 5.41) is 8.78. The van der Waals surface area contributed by atoms with Crippen molar-refractivity contribution in [1.82, 2.24) is 10.4 Å². The number of nitrogens with one attached hydrogen (secondary N) is 1. The Morgan fingerprint density at radius 3 is 2.73 bits per heavy atom. The number of amides is 2. The quantitative estimate of drug-likeness (QED) is 0.631. The Kier molecular flexibility index (Phi) is 5.38. The lowest BCUT2D eigenvalue weighted by atomic mass is 10.1. The van der Waals surface area contributed by atoms with Crippen molar-refractivity contribution in [1.29, 1.82) is 0 Å². The first-order chi connectivity index (χ1) is 12.6. The van der Waals surface area contributed by atoms with E-state index >= 15 is 0 Å². The highest BCUT2D eigenvalue weighted by Crippen LogP contribution is 2.25. The van der Waals surface area contributed by atoms with Gasteiger partial charge in [0.15, 0.2) is 0 Å². The molecule has 0 atom stereocenters. The van der Waals surface area contributed by atoms with Crippen LogP contribution in [0.4, 0.5) is 0 Å². The number of carbonyl (C=O) groups excluding carboxylic acids is 2. The molecule has 1 aliphatic heterocycles. The molecule has 0 radical (unpaired) electrons. The number of rotatable bonds is 5. The first kappa shape index (κ1) is 17.8. The minimum absolute atomic E-state index is 0.195. The lowest BCUT2D eigenvalue weighted by molar-refractivity contribution is 0.0706. The number of fused-ring (bicyclic) bond motifs is 1. The summed E-state index contributed by atoms with van der Waals surface area (Å²) in [5.41, 5.74) is 3.18. The number of benzene rings is 2. The molecule has 3 rings (SSSR count). The number of methoxy groups -OCH3 is 1. The van der Waals surface area contributed by atoms with E-state index in [0.29, 0.717) is 37.4 Å². The molecule has 0 aromatic heterocycles. The topological polar surface area (TPSA) is 88.1 Å². The minimum Gasteiger partial charge on any atom is -0.497 e. The van der Waals surface area contributed by atoms with Crippen LogP contribution in [-0.2, 0) is 6.42 Å². The molecule has 7 heteroatoms. The molecule has 0 saturated carbocycles. The zero-order valence-corrected chi connectivity index (χ0v) is 14.4. The molecule has 1 aliphatic rings. The predicted octanol–water partition coefficient (Wildman–Crippen LogP) is 1.89. The lowest BCUT2D eigenvalue weighted by Gasteiger charge is -2.20. The van der Waals surface area contributed by atoms with E-state index in [-0.39, 0.29) is 11.5 Å². The van der Waals surface area contributed by atoms with Crippen molar-refractivity contribution in [3.63, 3.8) is 0 Å². The minimum atomic E-state index is -0.672. The van der Waals surface area contributed by atoms with E-state index < -0.39 is 5.91 Å². The molecule has 7 nitrogen and oxygen atoms in total. The fourth-order valence-corrected chi connectivity index (χ4v) is 2.84. The molecule has 0 bridgehead atoms. The summed E-state index contributed by atoms with van der Waals surface area (Å²) in [7, 11) is 1.62. The Labute approximate surface area is 151 Å². The van der Waals surface area contributed by atoms with Crippen molar-refractivity contribution in [2.75, 3.05) is 26.8 Å². The van der Waals surface area contributed by atoms with Crippen LogP contribution >= 0.6 is 0 Å². The highest BCUT2D eigenvalue weighted by molar-refractivity contribution is 6.01. The molecule has 2 aromatic carbocycles. The summed E-state index contributed by atoms with van der Waals surface area (Å²) in [6, 6.07) is 12.2. The number of hydrogen-bond donors (Lipinski definition) is 2. The van der Waals surface area contributed by atoms with Crippen LogP contribution in [0.15, 0.2) is 42.5 Å². The molecule has 0 fully saturated rings. The molecule has 136 valence electrons. The van der Waals surface area contributed by atoms with Gasteiger partial charge in [0.1, 0.15) is 18.1 Å². The Bertz CT molecular complexity index is 804. The third-order valence-corrected chi connectivity index (χ3v) is 4.31. The Hall–Kier alpha value is -3.06. The molecule has 2 amide bonds. The highest BCUT2D eigenvalue weighted by Gasteiger charge is 2.24. The Morgan fingerprint density at radius 1 is 1.27 bits per heavy atom. The molecule has 0 unspecified atom stereocenters. The number of hydroxylamine groups is 1. The largest absolute Gasteiger partial charge is 0.497 e. The molecule has 0 aliphatic carbocycles. The summed E-state index contributed by atoms with van der Waals surface area (Å²) in [5.74, 6) is 0.362. The molecule has 0 spiro atoms. The summed E-state index contributed by atoms with van der Waals surface area (Å²) >= 11 is 0. The maximum atomic E-state index is 12.9. The number of nitrogens with zero attached hydrogens (tertiary/aromatic N) is 1. The van der Waals surface area contributed by atoms with Crippen LogP contribution < -0.4 is 15.0 Å². The van der Waals surface area contributed by atoms with E-state index in [1.807, 2.05) is 24.3 Å². The second-order valence-electron chi connectivity index (χ2n) is 5.89.